The lowest BCUT2D eigenvalue weighted by atomic mass is 10.2. The number of benzene rings is 2. The number of nitrogens with one attached hydrogen (secondary N) is 1. The fourth-order valence-electron chi connectivity index (χ4n) is 2.80. The molecule has 156 valence electrons. The first kappa shape index (κ1) is 21.3. The van der Waals surface area contributed by atoms with Crippen LogP contribution in [0.4, 0.5) is 5.69 Å². The van der Waals surface area contributed by atoms with Crippen LogP contribution in [0.5, 0.6) is 0 Å². The largest absolute Gasteiger partial charge is 0.323 e. The van der Waals surface area contributed by atoms with Gasteiger partial charge in [-0.15, -0.1) is 5.10 Å². The van der Waals surface area contributed by atoms with E-state index in [0.717, 1.165) is 11.3 Å². The number of nitrogens with zero attached hydrogens (tertiary/aromatic N) is 5. The van der Waals surface area contributed by atoms with Crippen LogP contribution in [0.25, 0.3) is 11.8 Å². The molecule has 1 heterocycles. The maximum atomic E-state index is 12.5. The summed E-state index contributed by atoms with van der Waals surface area (Å²) in [6.07, 6.45) is 4.50. The molecule has 30 heavy (non-hydrogen) atoms. The van der Waals surface area contributed by atoms with Crippen LogP contribution in [0.1, 0.15) is 19.4 Å². The zero-order valence-corrected chi connectivity index (χ0v) is 17.5. The molecule has 0 radical (unpaired) electrons. The van der Waals surface area contributed by atoms with Crippen LogP contribution in [-0.4, -0.2) is 51.9 Å². The maximum absolute atomic E-state index is 12.5. The van der Waals surface area contributed by atoms with Crippen molar-refractivity contribution in [1.82, 2.24) is 24.5 Å². The molecule has 9 nitrogen and oxygen atoms in total. The highest BCUT2D eigenvalue weighted by Gasteiger charge is 2.20. The molecule has 0 fully saturated rings. The zero-order chi connectivity index (χ0) is 21.6. The summed E-state index contributed by atoms with van der Waals surface area (Å²) < 4.78 is 27.9. The summed E-state index contributed by atoms with van der Waals surface area (Å²) in [6, 6.07) is 13.5. The number of carbonyl (C=O) groups excluding carboxylic acids is 1. The molecule has 0 bridgehead atoms. The van der Waals surface area contributed by atoms with E-state index in [1.165, 1.54) is 21.4 Å². The second-order valence-corrected chi connectivity index (χ2v) is 8.22. The van der Waals surface area contributed by atoms with E-state index in [9.17, 15) is 13.2 Å². The quantitative estimate of drug-likeness (QED) is 0.554. The lowest BCUT2D eigenvalue weighted by molar-refractivity contribution is -0.111. The van der Waals surface area contributed by atoms with Gasteiger partial charge in [0.1, 0.15) is 6.33 Å². The summed E-state index contributed by atoms with van der Waals surface area (Å²) in [6.45, 7) is 4.43. The van der Waals surface area contributed by atoms with Gasteiger partial charge >= 0.3 is 0 Å². The normalized spacial score (nSPS) is 11.8. The second kappa shape index (κ2) is 9.42. The number of tetrazole rings is 1. The molecule has 0 unspecified atom stereocenters. The molecule has 0 aliphatic heterocycles. The van der Waals surface area contributed by atoms with Crippen LogP contribution in [-0.2, 0) is 14.8 Å². The fourth-order valence-corrected chi connectivity index (χ4v) is 4.25. The average molecular weight is 427 g/mol. The van der Waals surface area contributed by atoms with E-state index in [1.807, 2.05) is 0 Å². The van der Waals surface area contributed by atoms with E-state index in [4.69, 9.17) is 0 Å². The van der Waals surface area contributed by atoms with Gasteiger partial charge in [0.25, 0.3) is 0 Å². The molecule has 0 saturated heterocycles. The van der Waals surface area contributed by atoms with Gasteiger partial charge in [0.05, 0.1) is 10.6 Å². The third-order valence-corrected chi connectivity index (χ3v) is 6.46. The van der Waals surface area contributed by atoms with Crippen molar-refractivity contribution in [2.75, 3.05) is 18.4 Å². The Labute approximate surface area is 175 Å². The van der Waals surface area contributed by atoms with Crippen molar-refractivity contribution in [3.63, 3.8) is 0 Å². The van der Waals surface area contributed by atoms with Crippen LogP contribution in [0.3, 0.4) is 0 Å². The van der Waals surface area contributed by atoms with Gasteiger partial charge in [-0.2, -0.15) is 4.31 Å². The lowest BCUT2D eigenvalue weighted by Crippen LogP contribution is -2.30. The summed E-state index contributed by atoms with van der Waals surface area (Å²) in [7, 11) is -3.49. The molecule has 3 rings (SSSR count). The standard InChI is InChI=1S/C20H22N6O3S/c1-3-25(4-2)30(28,29)19-12-5-16(6-13-19)7-14-20(27)22-17-8-10-18(11-9-17)26-15-21-23-24-26/h5-15H,3-4H2,1-2H3,(H,22,27). The van der Waals surface area contributed by atoms with Crippen molar-refractivity contribution in [3.8, 4) is 5.69 Å². The maximum Gasteiger partial charge on any atom is 0.248 e. The predicted octanol–water partition coefficient (Wildman–Crippen LogP) is 2.34. The predicted molar refractivity (Wildman–Crippen MR) is 113 cm³/mol. The van der Waals surface area contributed by atoms with E-state index in [-0.39, 0.29) is 10.8 Å². The minimum Gasteiger partial charge on any atom is -0.323 e. The summed E-state index contributed by atoms with van der Waals surface area (Å²) in [5, 5.41) is 13.7. The molecule has 0 saturated carbocycles. The summed E-state index contributed by atoms with van der Waals surface area (Å²) in [4.78, 5) is 12.4. The summed E-state index contributed by atoms with van der Waals surface area (Å²) in [5.41, 5.74) is 2.12. The third-order valence-electron chi connectivity index (χ3n) is 4.40. The van der Waals surface area contributed by atoms with Crippen molar-refractivity contribution in [2.24, 2.45) is 0 Å². The number of rotatable bonds is 8. The molecule has 3 aromatic rings. The highest BCUT2D eigenvalue weighted by atomic mass is 32.2. The molecule has 0 spiro atoms. The SMILES string of the molecule is CCN(CC)S(=O)(=O)c1ccc(C=CC(=O)Nc2ccc(-n3cnnn3)cc2)cc1. The van der Waals surface area contributed by atoms with Crippen molar-refractivity contribution >= 4 is 27.7 Å². The lowest BCUT2D eigenvalue weighted by Gasteiger charge is -2.18. The van der Waals surface area contributed by atoms with Crippen LogP contribution in [0, 0.1) is 0 Å². The fraction of sp³-hybridized carbons (Fsp3) is 0.200. The Hall–Kier alpha value is -3.37. The summed E-state index contributed by atoms with van der Waals surface area (Å²) in [5.74, 6) is -0.301. The van der Waals surface area contributed by atoms with E-state index in [0.29, 0.717) is 18.8 Å². The van der Waals surface area contributed by atoms with Gasteiger partial charge in [-0.25, -0.2) is 13.1 Å². The molecule has 2 aromatic carbocycles. The van der Waals surface area contributed by atoms with Gasteiger partial charge in [0.2, 0.25) is 15.9 Å². The summed E-state index contributed by atoms with van der Waals surface area (Å²) >= 11 is 0. The number of sulfonamides is 1. The van der Waals surface area contributed by atoms with E-state index in [1.54, 1.807) is 68.5 Å². The first-order valence-electron chi connectivity index (χ1n) is 9.36. The van der Waals surface area contributed by atoms with Crippen molar-refractivity contribution < 1.29 is 13.2 Å². The monoisotopic (exact) mass is 426 g/mol. The molecular formula is C20H22N6O3S. The molecule has 1 aromatic heterocycles. The molecular weight excluding hydrogens is 404 g/mol. The molecule has 1 N–H and O–H groups in total. The number of aromatic nitrogens is 4. The van der Waals surface area contributed by atoms with Crippen molar-refractivity contribution in [1.29, 1.82) is 0 Å². The van der Waals surface area contributed by atoms with Crippen LogP contribution in [0.2, 0.25) is 0 Å². The molecule has 10 heteroatoms. The van der Waals surface area contributed by atoms with E-state index in [2.05, 4.69) is 20.8 Å². The Morgan fingerprint density at radius 2 is 1.73 bits per heavy atom. The van der Waals surface area contributed by atoms with Crippen molar-refractivity contribution in [2.45, 2.75) is 18.7 Å². The Morgan fingerprint density at radius 3 is 2.30 bits per heavy atom. The van der Waals surface area contributed by atoms with Gasteiger partial charge < -0.3 is 5.32 Å². The van der Waals surface area contributed by atoms with Gasteiger partial charge in [0.15, 0.2) is 0 Å². The molecule has 0 aliphatic rings. The van der Waals surface area contributed by atoms with Gasteiger partial charge in [-0.1, -0.05) is 26.0 Å². The second-order valence-electron chi connectivity index (χ2n) is 6.28. The van der Waals surface area contributed by atoms with Crippen LogP contribution >= 0.6 is 0 Å². The molecule has 1 amide bonds. The Morgan fingerprint density at radius 1 is 1.07 bits per heavy atom. The first-order valence-corrected chi connectivity index (χ1v) is 10.8. The Kier molecular flexibility index (Phi) is 6.70. The molecule has 0 aliphatic carbocycles. The number of carbonyl (C=O) groups is 1. The van der Waals surface area contributed by atoms with Crippen LogP contribution in [0.15, 0.2) is 65.8 Å². The average Bonchev–Trinajstić information content (AvgIpc) is 3.29. The number of hydrogen-bond donors (Lipinski definition) is 1. The third kappa shape index (κ3) is 4.97. The Balaban J connectivity index is 1.62. The Bertz CT molecular complexity index is 1100. The zero-order valence-electron chi connectivity index (χ0n) is 16.6. The number of anilines is 1. The highest BCUT2D eigenvalue weighted by Crippen LogP contribution is 2.17. The van der Waals surface area contributed by atoms with Gasteiger partial charge in [0, 0.05) is 24.9 Å². The highest BCUT2D eigenvalue weighted by molar-refractivity contribution is 7.89. The topological polar surface area (TPSA) is 110 Å². The van der Waals surface area contributed by atoms with Crippen molar-refractivity contribution in [3.05, 3.63) is 66.5 Å². The van der Waals surface area contributed by atoms with E-state index < -0.39 is 10.0 Å². The minimum absolute atomic E-state index is 0.232. The number of amides is 1. The number of hydrogen-bond acceptors (Lipinski definition) is 6. The van der Waals surface area contributed by atoms with Gasteiger partial charge in [-0.05, 0) is 58.5 Å². The minimum atomic E-state index is -3.49. The smallest absolute Gasteiger partial charge is 0.248 e. The van der Waals surface area contributed by atoms with Crippen LogP contribution < -0.4 is 5.32 Å². The first-order chi connectivity index (χ1) is 14.4. The van der Waals surface area contributed by atoms with Gasteiger partial charge in [-0.3, -0.25) is 4.79 Å². The van der Waals surface area contributed by atoms with E-state index >= 15 is 0 Å². The molecule has 0 atom stereocenters.